The molecule has 1 unspecified atom stereocenters. The van der Waals surface area contributed by atoms with Crippen LogP contribution >= 0.6 is 0 Å². The number of ether oxygens (including phenoxy) is 1. The summed E-state index contributed by atoms with van der Waals surface area (Å²) in [6.07, 6.45) is 3.74. The van der Waals surface area contributed by atoms with Gasteiger partial charge in [-0.1, -0.05) is 0 Å². The Morgan fingerprint density at radius 2 is 2.36 bits per heavy atom. The van der Waals surface area contributed by atoms with E-state index in [-0.39, 0.29) is 11.1 Å². The van der Waals surface area contributed by atoms with Crippen LogP contribution < -0.4 is 5.73 Å². The monoisotopic (exact) mass is 173 g/mol. The van der Waals surface area contributed by atoms with E-state index in [1.54, 1.807) is 0 Å². The van der Waals surface area contributed by atoms with Gasteiger partial charge in [-0.15, -0.1) is 0 Å². The van der Waals surface area contributed by atoms with Gasteiger partial charge in [-0.05, 0) is 19.3 Å². The van der Waals surface area contributed by atoms with Gasteiger partial charge < -0.3 is 10.5 Å². The Kier molecular flexibility index (Phi) is 2.67. The normalized spacial score (nSPS) is 32.0. The molecular weight excluding hydrogens is 158 g/mol. The van der Waals surface area contributed by atoms with Crippen LogP contribution in [0.5, 0.6) is 0 Å². The SMILES string of the molecule is NC(=O)CC1([SiH3])CCCCO1. The molecule has 0 aromatic carbocycles. The fourth-order valence-corrected chi connectivity index (χ4v) is 2.41. The molecule has 0 saturated carbocycles. The number of hydrogen-bond acceptors (Lipinski definition) is 2. The maximum atomic E-state index is 10.6. The number of rotatable bonds is 2. The first kappa shape index (κ1) is 8.74. The number of hydrogen-bond donors (Lipinski definition) is 1. The number of carbonyl (C=O) groups is 1. The molecule has 0 aliphatic carbocycles. The highest BCUT2D eigenvalue weighted by Crippen LogP contribution is 2.24. The van der Waals surface area contributed by atoms with E-state index in [4.69, 9.17) is 10.5 Å². The first-order valence-corrected chi connectivity index (χ1v) is 5.05. The van der Waals surface area contributed by atoms with Crippen molar-refractivity contribution < 1.29 is 9.53 Å². The van der Waals surface area contributed by atoms with Gasteiger partial charge in [0.1, 0.15) is 0 Å². The summed E-state index contributed by atoms with van der Waals surface area (Å²) in [6.45, 7) is 0.802. The van der Waals surface area contributed by atoms with Crippen LogP contribution in [0.15, 0.2) is 0 Å². The van der Waals surface area contributed by atoms with Crippen LogP contribution in [0.2, 0.25) is 0 Å². The zero-order chi connectivity index (χ0) is 8.32. The van der Waals surface area contributed by atoms with Crippen molar-refractivity contribution >= 4 is 16.1 Å². The first-order valence-electron chi connectivity index (χ1n) is 4.05. The van der Waals surface area contributed by atoms with Crippen molar-refractivity contribution in [1.82, 2.24) is 0 Å². The maximum absolute atomic E-state index is 10.6. The average molecular weight is 173 g/mol. The molecule has 1 aliphatic heterocycles. The highest BCUT2D eigenvalue weighted by atomic mass is 28.1. The van der Waals surface area contributed by atoms with Crippen molar-refractivity contribution in [3.8, 4) is 0 Å². The van der Waals surface area contributed by atoms with Crippen LogP contribution in [0, 0.1) is 0 Å². The summed E-state index contributed by atoms with van der Waals surface area (Å²) in [7, 11) is 0.905. The lowest BCUT2D eigenvalue weighted by Crippen LogP contribution is -2.40. The van der Waals surface area contributed by atoms with Crippen molar-refractivity contribution in [1.29, 1.82) is 0 Å². The third kappa shape index (κ3) is 2.63. The molecule has 0 spiro atoms. The van der Waals surface area contributed by atoms with Crippen LogP contribution in [0.1, 0.15) is 25.7 Å². The summed E-state index contributed by atoms with van der Waals surface area (Å²) in [5, 5.41) is -0.135. The summed E-state index contributed by atoms with van der Waals surface area (Å²) in [5.41, 5.74) is 5.11. The molecule has 1 rings (SSSR count). The molecule has 4 heteroatoms. The van der Waals surface area contributed by atoms with Gasteiger partial charge in [0, 0.05) is 16.8 Å². The molecule has 0 aromatic heterocycles. The zero-order valence-electron chi connectivity index (χ0n) is 6.93. The molecule has 0 radical (unpaired) electrons. The molecular formula is C7H15NO2Si. The predicted molar refractivity (Wildman–Crippen MR) is 46.3 cm³/mol. The summed E-state index contributed by atoms with van der Waals surface area (Å²) in [6, 6.07) is 0. The highest BCUT2D eigenvalue weighted by Gasteiger charge is 2.29. The number of amides is 1. The summed E-state index contributed by atoms with van der Waals surface area (Å²) >= 11 is 0. The lowest BCUT2D eigenvalue weighted by Gasteiger charge is -2.32. The zero-order valence-corrected chi connectivity index (χ0v) is 8.93. The average Bonchev–Trinajstić information content (AvgIpc) is 1.85. The molecule has 64 valence electrons. The Labute approximate surface area is 69.7 Å². The number of carbonyl (C=O) groups excluding carboxylic acids is 1. The summed E-state index contributed by atoms with van der Waals surface area (Å²) in [5.74, 6) is -0.234. The van der Waals surface area contributed by atoms with E-state index in [9.17, 15) is 4.79 Å². The van der Waals surface area contributed by atoms with E-state index in [0.717, 1.165) is 29.7 Å². The van der Waals surface area contributed by atoms with Gasteiger partial charge in [0.15, 0.2) is 0 Å². The van der Waals surface area contributed by atoms with Crippen molar-refractivity contribution in [2.75, 3.05) is 6.61 Å². The van der Waals surface area contributed by atoms with Gasteiger partial charge in [0.25, 0.3) is 0 Å². The highest BCUT2D eigenvalue weighted by molar-refractivity contribution is 6.16. The molecule has 11 heavy (non-hydrogen) atoms. The van der Waals surface area contributed by atoms with E-state index >= 15 is 0 Å². The van der Waals surface area contributed by atoms with E-state index in [0.29, 0.717) is 6.42 Å². The minimum absolute atomic E-state index is 0.135. The molecule has 1 atom stereocenters. The minimum atomic E-state index is -0.234. The van der Waals surface area contributed by atoms with Crippen molar-refractivity contribution in [2.24, 2.45) is 5.73 Å². The van der Waals surface area contributed by atoms with Gasteiger partial charge in [-0.3, -0.25) is 4.79 Å². The van der Waals surface area contributed by atoms with Crippen LogP contribution in [-0.2, 0) is 9.53 Å². The van der Waals surface area contributed by atoms with E-state index in [2.05, 4.69) is 0 Å². The maximum Gasteiger partial charge on any atom is 0.219 e. The second kappa shape index (κ2) is 3.36. The minimum Gasteiger partial charge on any atom is -0.379 e. The number of nitrogens with two attached hydrogens (primary N) is 1. The molecule has 3 nitrogen and oxygen atoms in total. The molecule has 1 aliphatic rings. The standard InChI is InChI=1S/C7H15NO2Si/c8-6(9)5-7(11)3-1-2-4-10-7/h1-5H2,11H3,(H2,8,9). The topological polar surface area (TPSA) is 52.3 Å². The van der Waals surface area contributed by atoms with Gasteiger partial charge in [0.2, 0.25) is 5.91 Å². The van der Waals surface area contributed by atoms with Crippen LogP contribution in [-0.4, -0.2) is 28.0 Å². The fourth-order valence-electron chi connectivity index (χ4n) is 1.50. The molecule has 1 heterocycles. The molecule has 0 aromatic rings. The van der Waals surface area contributed by atoms with Crippen molar-refractivity contribution in [2.45, 2.75) is 30.9 Å². The second-order valence-electron chi connectivity index (χ2n) is 3.40. The quantitative estimate of drug-likeness (QED) is 0.552. The van der Waals surface area contributed by atoms with Gasteiger partial charge in [-0.2, -0.15) is 0 Å². The molecule has 1 amide bonds. The number of primary amides is 1. The Balaban J connectivity index is 2.43. The second-order valence-corrected chi connectivity index (χ2v) is 5.22. The molecule has 0 bridgehead atoms. The van der Waals surface area contributed by atoms with Gasteiger partial charge in [-0.25, -0.2) is 0 Å². The molecule has 2 N–H and O–H groups in total. The lowest BCUT2D eigenvalue weighted by atomic mass is 10.1. The molecule has 1 fully saturated rings. The largest absolute Gasteiger partial charge is 0.379 e. The fraction of sp³-hybridized carbons (Fsp3) is 0.857. The molecule has 1 saturated heterocycles. The lowest BCUT2D eigenvalue weighted by molar-refractivity contribution is -0.123. The van der Waals surface area contributed by atoms with Crippen molar-refractivity contribution in [3.05, 3.63) is 0 Å². The third-order valence-electron chi connectivity index (χ3n) is 2.10. The Bertz CT molecular complexity index is 155. The van der Waals surface area contributed by atoms with Crippen LogP contribution in [0.3, 0.4) is 0 Å². The van der Waals surface area contributed by atoms with E-state index in [1.165, 1.54) is 6.42 Å². The van der Waals surface area contributed by atoms with Crippen molar-refractivity contribution in [3.63, 3.8) is 0 Å². The van der Waals surface area contributed by atoms with Crippen LogP contribution in [0.4, 0.5) is 0 Å². The third-order valence-corrected chi connectivity index (χ3v) is 3.24. The van der Waals surface area contributed by atoms with Gasteiger partial charge >= 0.3 is 0 Å². The van der Waals surface area contributed by atoms with E-state index in [1.807, 2.05) is 0 Å². The van der Waals surface area contributed by atoms with Crippen LogP contribution in [0.25, 0.3) is 0 Å². The summed E-state index contributed by atoms with van der Waals surface area (Å²) < 4.78 is 5.54. The smallest absolute Gasteiger partial charge is 0.219 e. The Morgan fingerprint density at radius 1 is 1.64 bits per heavy atom. The Morgan fingerprint density at radius 3 is 2.82 bits per heavy atom. The first-order chi connectivity index (χ1) is 5.12. The summed E-state index contributed by atoms with van der Waals surface area (Å²) in [4.78, 5) is 10.6. The van der Waals surface area contributed by atoms with E-state index < -0.39 is 0 Å². The van der Waals surface area contributed by atoms with Gasteiger partial charge in [0.05, 0.1) is 11.6 Å². The Hall–Kier alpha value is -0.353. The predicted octanol–water partition coefficient (Wildman–Crippen LogP) is -0.876.